The molecule has 3 N–H and O–H groups in total. The van der Waals surface area contributed by atoms with Crippen LogP contribution >= 0.6 is 23.2 Å². The van der Waals surface area contributed by atoms with Gasteiger partial charge in [-0.1, -0.05) is 23.2 Å². The Morgan fingerprint density at radius 2 is 2.06 bits per heavy atom. The lowest BCUT2D eigenvalue weighted by atomic mass is 10.3. The van der Waals surface area contributed by atoms with Gasteiger partial charge in [-0.15, -0.1) is 0 Å². The number of hydrogen-bond donors (Lipinski definition) is 2. The molecule has 18 heavy (non-hydrogen) atoms. The third-order valence-electron chi connectivity index (χ3n) is 2.23. The third kappa shape index (κ3) is 2.57. The molecule has 0 spiro atoms. The van der Waals surface area contributed by atoms with Crippen molar-refractivity contribution in [3.8, 4) is 5.75 Å². The minimum absolute atomic E-state index is 0.218. The largest absolute Gasteiger partial charge is 0.495 e. The molecule has 5 nitrogen and oxygen atoms in total. The second-order valence-corrected chi connectivity index (χ2v) is 4.18. The van der Waals surface area contributed by atoms with Gasteiger partial charge in [0.1, 0.15) is 22.9 Å². The van der Waals surface area contributed by atoms with Crippen LogP contribution in [0, 0.1) is 0 Å². The molecule has 0 saturated heterocycles. The van der Waals surface area contributed by atoms with Crippen LogP contribution in [0.15, 0.2) is 24.5 Å². The maximum Gasteiger partial charge on any atom is 0.154 e. The van der Waals surface area contributed by atoms with E-state index in [-0.39, 0.29) is 10.8 Å². The van der Waals surface area contributed by atoms with Crippen molar-refractivity contribution in [3.05, 3.63) is 34.6 Å². The lowest BCUT2D eigenvalue weighted by Crippen LogP contribution is -1.99. The quantitative estimate of drug-likeness (QED) is 0.906. The van der Waals surface area contributed by atoms with E-state index in [0.29, 0.717) is 16.6 Å². The van der Waals surface area contributed by atoms with Crippen LogP contribution in [-0.2, 0) is 0 Å². The number of methoxy groups -OCH3 is 1. The molecular formula is C11H10Cl2N4O. The van der Waals surface area contributed by atoms with Gasteiger partial charge in [-0.25, -0.2) is 9.97 Å². The fraction of sp³-hybridized carbons (Fsp3) is 0.0909. The molecule has 0 atom stereocenters. The maximum atomic E-state index is 5.98. The van der Waals surface area contributed by atoms with E-state index in [4.69, 9.17) is 33.7 Å². The van der Waals surface area contributed by atoms with Crippen molar-refractivity contribution in [2.45, 2.75) is 0 Å². The van der Waals surface area contributed by atoms with E-state index in [2.05, 4.69) is 15.3 Å². The highest BCUT2D eigenvalue weighted by atomic mass is 35.5. The molecule has 2 aromatic rings. The van der Waals surface area contributed by atoms with Gasteiger partial charge in [0.2, 0.25) is 0 Å². The number of nitrogens with zero attached hydrogens (tertiary/aromatic N) is 2. The summed E-state index contributed by atoms with van der Waals surface area (Å²) < 4.78 is 5.11. The molecule has 1 aromatic carbocycles. The van der Waals surface area contributed by atoms with E-state index in [1.807, 2.05) is 0 Å². The summed E-state index contributed by atoms with van der Waals surface area (Å²) in [7, 11) is 1.54. The molecular weight excluding hydrogens is 275 g/mol. The average molecular weight is 285 g/mol. The van der Waals surface area contributed by atoms with Crippen LogP contribution in [0.4, 0.5) is 17.3 Å². The molecule has 0 saturated carbocycles. The predicted molar refractivity (Wildman–Crippen MR) is 72.7 cm³/mol. The summed E-state index contributed by atoms with van der Waals surface area (Å²) in [5.74, 6) is 1.20. The number of halogens is 2. The first-order valence-electron chi connectivity index (χ1n) is 4.98. The maximum absolute atomic E-state index is 5.98. The molecule has 7 heteroatoms. The monoisotopic (exact) mass is 284 g/mol. The van der Waals surface area contributed by atoms with Gasteiger partial charge in [0.15, 0.2) is 5.82 Å². The summed E-state index contributed by atoms with van der Waals surface area (Å²) in [6.07, 6.45) is 1.33. The topological polar surface area (TPSA) is 73.1 Å². The summed E-state index contributed by atoms with van der Waals surface area (Å²) in [5, 5.41) is 3.81. The van der Waals surface area contributed by atoms with Crippen molar-refractivity contribution in [2.75, 3.05) is 18.2 Å². The first-order valence-corrected chi connectivity index (χ1v) is 5.74. The lowest BCUT2D eigenvalue weighted by molar-refractivity contribution is 0.415. The Labute approximate surface area is 114 Å². The molecule has 0 bridgehead atoms. The van der Waals surface area contributed by atoms with Crippen LogP contribution in [-0.4, -0.2) is 17.1 Å². The van der Waals surface area contributed by atoms with Crippen LogP contribution in [0.25, 0.3) is 0 Å². The number of hydrogen-bond acceptors (Lipinski definition) is 5. The van der Waals surface area contributed by atoms with Crippen molar-refractivity contribution < 1.29 is 4.74 Å². The minimum atomic E-state index is 0.218. The van der Waals surface area contributed by atoms with Crippen LogP contribution in [0.5, 0.6) is 5.75 Å². The van der Waals surface area contributed by atoms with E-state index in [1.165, 1.54) is 6.33 Å². The van der Waals surface area contributed by atoms with Gasteiger partial charge >= 0.3 is 0 Å². The Balaban J connectivity index is 2.31. The number of nitrogens with one attached hydrogen (secondary N) is 1. The number of nitrogen functional groups attached to an aromatic ring is 1. The highest BCUT2D eigenvalue weighted by Crippen LogP contribution is 2.31. The van der Waals surface area contributed by atoms with Gasteiger partial charge < -0.3 is 15.8 Å². The Bertz CT molecular complexity index is 577. The normalized spacial score (nSPS) is 10.2. The smallest absolute Gasteiger partial charge is 0.154 e. The SMILES string of the molecule is COc1cc(Nc2ncnc(N)c2Cl)ccc1Cl. The Morgan fingerprint density at radius 1 is 1.28 bits per heavy atom. The third-order valence-corrected chi connectivity index (χ3v) is 2.92. The number of benzene rings is 1. The molecule has 0 aliphatic heterocycles. The second kappa shape index (κ2) is 5.29. The first kappa shape index (κ1) is 12.7. The zero-order chi connectivity index (χ0) is 13.1. The summed E-state index contributed by atoms with van der Waals surface area (Å²) >= 11 is 11.9. The van der Waals surface area contributed by atoms with Gasteiger partial charge in [0.05, 0.1) is 12.1 Å². The van der Waals surface area contributed by atoms with Crippen molar-refractivity contribution >= 4 is 40.5 Å². The number of nitrogens with two attached hydrogens (primary N) is 1. The predicted octanol–water partition coefficient (Wildman–Crippen LogP) is 3.12. The first-order chi connectivity index (χ1) is 8.61. The number of aromatic nitrogens is 2. The van der Waals surface area contributed by atoms with E-state index in [9.17, 15) is 0 Å². The van der Waals surface area contributed by atoms with Crippen LogP contribution in [0.1, 0.15) is 0 Å². The molecule has 0 unspecified atom stereocenters. The van der Waals surface area contributed by atoms with Crippen LogP contribution in [0.3, 0.4) is 0 Å². The lowest BCUT2D eigenvalue weighted by Gasteiger charge is -2.10. The molecule has 2 rings (SSSR count). The molecule has 0 radical (unpaired) electrons. The molecule has 0 amide bonds. The van der Waals surface area contributed by atoms with Gasteiger partial charge in [-0.3, -0.25) is 0 Å². The fourth-order valence-electron chi connectivity index (χ4n) is 1.34. The van der Waals surface area contributed by atoms with Crippen molar-refractivity contribution in [1.82, 2.24) is 9.97 Å². The Morgan fingerprint density at radius 3 is 2.78 bits per heavy atom. The average Bonchev–Trinajstić information content (AvgIpc) is 2.37. The highest BCUT2D eigenvalue weighted by molar-refractivity contribution is 6.35. The van der Waals surface area contributed by atoms with Crippen LogP contribution < -0.4 is 15.8 Å². The number of rotatable bonds is 3. The van der Waals surface area contributed by atoms with Gasteiger partial charge in [0, 0.05) is 11.8 Å². The van der Waals surface area contributed by atoms with Gasteiger partial charge in [0.25, 0.3) is 0 Å². The summed E-state index contributed by atoms with van der Waals surface area (Å²) in [5.41, 5.74) is 6.32. The molecule has 0 aliphatic rings. The second-order valence-electron chi connectivity index (χ2n) is 3.40. The van der Waals surface area contributed by atoms with Crippen LogP contribution in [0.2, 0.25) is 10.0 Å². The Kier molecular flexibility index (Phi) is 3.74. The minimum Gasteiger partial charge on any atom is -0.495 e. The fourth-order valence-corrected chi connectivity index (χ4v) is 1.68. The standard InChI is InChI=1S/C11H10Cl2N4O/c1-18-8-4-6(2-3-7(8)12)17-11-9(13)10(14)15-5-16-11/h2-5H,1H3,(H3,14,15,16,17). The van der Waals surface area contributed by atoms with E-state index < -0.39 is 0 Å². The van der Waals surface area contributed by atoms with Crippen molar-refractivity contribution in [1.29, 1.82) is 0 Å². The van der Waals surface area contributed by atoms with Gasteiger partial charge in [-0.05, 0) is 12.1 Å². The zero-order valence-electron chi connectivity index (χ0n) is 9.45. The van der Waals surface area contributed by atoms with Crippen molar-refractivity contribution in [3.63, 3.8) is 0 Å². The zero-order valence-corrected chi connectivity index (χ0v) is 11.0. The highest BCUT2D eigenvalue weighted by Gasteiger charge is 2.08. The van der Waals surface area contributed by atoms with Crippen molar-refractivity contribution in [2.24, 2.45) is 0 Å². The molecule has 0 aliphatic carbocycles. The van der Waals surface area contributed by atoms with Gasteiger partial charge in [-0.2, -0.15) is 0 Å². The van der Waals surface area contributed by atoms with E-state index >= 15 is 0 Å². The van der Waals surface area contributed by atoms with E-state index in [1.54, 1.807) is 25.3 Å². The molecule has 1 heterocycles. The number of ether oxygens (including phenoxy) is 1. The summed E-state index contributed by atoms with van der Waals surface area (Å²) in [4.78, 5) is 7.78. The number of anilines is 3. The summed E-state index contributed by atoms with van der Waals surface area (Å²) in [6, 6.07) is 5.22. The molecule has 1 aromatic heterocycles. The Hall–Kier alpha value is -1.72. The summed E-state index contributed by atoms with van der Waals surface area (Å²) in [6.45, 7) is 0. The molecule has 94 valence electrons. The molecule has 0 fully saturated rings. The van der Waals surface area contributed by atoms with E-state index in [0.717, 1.165) is 5.69 Å².